The summed E-state index contributed by atoms with van der Waals surface area (Å²) in [5, 5.41) is 13.1. The van der Waals surface area contributed by atoms with Crippen LogP contribution in [0, 0.1) is 11.8 Å². The summed E-state index contributed by atoms with van der Waals surface area (Å²) in [6.45, 7) is 1.64. The van der Waals surface area contributed by atoms with Crippen LogP contribution in [0.25, 0.3) is 10.9 Å². The minimum absolute atomic E-state index is 0.0773. The lowest BCUT2D eigenvalue weighted by Crippen LogP contribution is -2.37. The largest absolute Gasteiger partial charge is 0.477 e. The second-order valence-corrected chi connectivity index (χ2v) is 9.50. The van der Waals surface area contributed by atoms with E-state index in [1.165, 1.54) is 6.20 Å². The van der Waals surface area contributed by atoms with Gasteiger partial charge in [0.2, 0.25) is 5.43 Å². The van der Waals surface area contributed by atoms with Crippen molar-refractivity contribution < 1.29 is 19.1 Å². The Hall–Kier alpha value is -2.74. The van der Waals surface area contributed by atoms with Gasteiger partial charge in [-0.3, -0.25) is 9.59 Å². The van der Waals surface area contributed by atoms with Crippen LogP contribution in [0.15, 0.2) is 23.1 Å². The fourth-order valence-corrected chi connectivity index (χ4v) is 6.02. The maximum atomic E-state index is 14.5. The van der Waals surface area contributed by atoms with Crippen molar-refractivity contribution in [3.05, 3.63) is 39.7 Å². The predicted octanol–water partition coefficient (Wildman–Crippen LogP) is 2.37. The molecule has 4 aliphatic rings. The van der Waals surface area contributed by atoms with Gasteiger partial charge in [0.15, 0.2) is 5.78 Å². The monoisotopic (exact) mass is 425 g/mol. The number of benzene rings is 1. The van der Waals surface area contributed by atoms with Crippen LogP contribution in [-0.4, -0.2) is 53.3 Å². The molecule has 3 unspecified atom stereocenters. The van der Waals surface area contributed by atoms with Crippen LogP contribution < -0.4 is 15.6 Å². The zero-order chi connectivity index (χ0) is 21.7. The molecule has 2 saturated carbocycles. The highest BCUT2D eigenvalue weighted by atomic mass is 19.1. The van der Waals surface area contributed by atoms with Crippen LogP contribution in [0.2, 0.25) is 0 Å². The Kier molecular flexibility index (Phi) is 3.77. The number of carbonyl (C=O) groups excluding carboxylic acids is 1. The summed E-state index contributed by atoms with van der Waals surface area (Å²) in [5.41, 5.74) is 0.791. The lowest BCUT2D eigenvalue weighted by molar-refractivity contribution is 0.0694. The van der Waals surface area contributed by atoms with Crippen molar-refractivity contribution in [1.82, 2.24) is 9.88 Å². The zero-order valence-corrected chi connectivity index (χ0v) is 17.2. The van der Waals surface area contributed by atoms with Crippen LogP contribution in [0.1, 0.15) is 52.4 Å². The van der Waals surface area contributed by atoms with Gasteiger partial charge in [0.1, 0.15) is 11.7 Å². The molecule has 2 aromatic rings. The summed E-state index contributed by atoms with van der Waals surface area (Å²) in [5.74, 6) is -1.48. The number of carboxylic acid groups (broad SMARTS) is 1. The third-order valence-corrected chi connectivity index (χ3v) is 8.05. The summed E-state index contributed by atoms with van der Waals surface area (Å²) in [7, 11) is 2.00. The average Bonchev–Trinajstić information content (AvgIpc) is 3.62. The maximum absolute atomic E-state index is 14.5. The quantitative estimate of drug-likeness (QED) is 0.782. The summed E-state index contributed by atoms with van der Waals surface area (Å²) >= 11 is 0. The molecule has 8 heteroatoms. The molecule has 31 heavy (non-hydrogen) atoms. The van der Waals surface area contributed by atoms with Crippen molar-refractivity contribution in [1.29, 1.82) is 0 Å². The van der Waals surface area contributed by atoms with E-state index in [-0.39, 0.29) is 28.7 Å². The number of Topliss-reactive ketones (excluding diaryl/α,β-unsaturated/α-hetero) is 1. The number of carboxylic acids is 1. The number of ketones is 1. The zero-order valence-electron chi connectivity index (χ0n) is 17.2. The Balaban J connectivity index is 1.54. The number of nitrogens with one attached hydrogen (secondary N) is 1. The van der Waals surface area contributed by atoms with Crippen molar-refractivity contribution in [2.75, 3.05) is 25.0 Å². The van der Waals surface area contributed by atoms with E-state index in [4.69, 9.17) is 0 Å². The molecule has 0 amide bonds. The number of aromatic nitrogens is 1. The van der Waals surface area contributed by atoms with Gasteiger partial charge in [0.05, 0.1) is 17.1 Å². The number of pyridine rings is 1. The van der Waals surface area contributed by atoms with Gasteiger partial charge in [-0.2, -0.15) is 0 Å². The second-order valence-electron chi connectivity index (χ2n) is 9.50. The molecule has 1 aromatic heterocycles. The molecule has 7 nitrogen and oxygen atoms in total. The smallest absolute Gasteiger partial charge is 0.341 e. The fraction of sp³-hybridized carbons (Fsp3) is 0.522. The normalized spacial score (nSPS) is 30.3. The van der Waals surface area contributed by atoms with E-state index < -0.39 is 29.5 Å². The standard InChI is InChI=1S/C23H24FN3O4/c1-25-23(5-6-23)11-4-7-26(9-11)15-3-2-12-19-17(15)16(28)8-13-18(24)20(13)27(19)10-14(21(12)29)22(30)31/h2-3,10-11,13,18,20,25H,4-9H2,1H3,(H,30,31)/t11-,13?,18?,20?/m1/s1. The van der Waals surface area contributed by atoms with Gasteiger partial charge >= 0.3 is 5.97 Å². The molecule has 3 heterocycles. The lowest BCUT2D eigenvalue weighted by atomic mass is 9.96. The minimum atomic E-state index is -1.34. The van der Waals surface area contributed by atoms with Crippen molar-refractivity contribution in [3.63, 3.8) is 0 Å². The number of aromatic carboxylic acids is 1. The topological polar surface area (TPSA) is 91.6 Å². The first-order chi connectivity index (χ1) is 14.9. The van der Waals surface area contributed by atoms with Crippen LogP contribution in [0.5, 0.6) is 0 Å². The number of hydrogen-bond donors (Lipinski definition) is 2. The first-order valence-corrected chi connectivity index (χ1v) is 10.9. The van der Waals surface area contributed by atoms with Gasteiger partial charge in [0, 0.05) is 48.2 Å². The minimum Gasteiger partial charge on any atom is -0.477 e. The number of alkyl halides is 1. The fourth-order valence-electron chi connectivity index (χ4n) is 6.02. The highest BCUT2D eigenvalue weighted by Crippen LogP contribution is 2.54. The molecule has 1 aromatic carbocycles. The molecule has 1 saturated heterocycles. The Bertz CT molecular complexity index is 1220. The van der Waals surface area contributed by atoms with Crippen molar-refractivity contribution in [2.45, 2.75) is 43.4 Å². The van der Waals surface area contributed by atoms with Crippen LogP contribution in [0.3, 0.4) is 0 Å². The summed E-state index contributed by atoms with van der Waals surface area (Å²) < 4.78 is 16.1. The number of rotatable bonds is 4. The molecular formula is C23H24FN3O4. The number of anilines is 1. The van der Waals surface area contributed by atoms with Gasteiger partial charge in [-0.1, -0.05) is 0 Å². The predicted molar refractivity (Wildman–Crippen MR) is 113 cm³/mol. The molecule has 2 N–H and O–H groups in total. The van der Waals surface area contributed by atoms with Crippen LogP contribution >= 0.6 is 0 Å². The maximum Gasteiger partial charge on any atom is 0.341 e. The highest BCUT2D eigenvalue weighted by molar-refractivity contribution is 6.13. The Morgan fingerprint density at radius 3 is 2.74 bits per heavy atom. The summed E-state index contributed by atoms with van der Waals surface area (Å²) in [6.07, 6.45) is 3.45. The molecule has 162 valence electrons. The Morgan fingerprint density at radius 2 is 2.06 bits per heavy atom. The van der Waals surface area contributed by atoms with Gasteiger partial charge in [-0.05, 0) is 44.4 Å². The van der Waals surface area contributed by atoms with Crippen LogP contribution in [0.4, 0.5) is 10.1 Å². The van der Waals surface area contributed by atoms with Crippen molar-refractivity contribution in [2.24, 2.45) is 11.8 Å². The van der Waals surface area contributed by atoms with E-state index in [1.54, 1.807) is 16.7 Å². The second kappa shape index (κ2) is 6.16. The Morgan fingerprint density at radius 1 is 1.29 bits per heavy atom. The number of fused-ring (bicyclic) bond motifs is 2. The number of halogens is 1. The van der Waals surface area contributed by atoms with E-state index in [0.717, 1.165) is 38.0 Å². The molecule has 2 aliphatic heterocycles. The van der Waals surface area contributed by atoms with E-state index in [2.05, 4.69) is 10.2 Å². The molecule has 4 atom stereocenters. The first kappa shape index (κ1) is 19.0. The third-order valence-electron chi connectivity index (χ3n) is 8.05. The van der Waals surface area contributed by atoms with Gasteiger partial charge in [-0.15, -0.1) is 0 Å². The Labute approximate surface area is 177 Å². The molecule has 0 spiro atoms. The van der Waals surface area contributed by atoms with Gasteiger partial charge in [0.25, 0.3) is 0 Å². The third kappa shape index (κ3) is 2.51. The summed E-state index contributed by atoms with van der Waals surface area (Å²) in [6, 6.07) is 2.80. The van der Waals surface area contributed by atoms with E-state index in [0.29, 0.717) is 17.0 Å². The highest BCUT2D eigenvalue weighted by Gasteiger charge is 2.56. The summed E-state index contributed by atoms with van der Waals surface area (Å²) in [4.78, 5) is 40.0. The number of hydrogen-bond acceptors (Lipinski definition) is 5. The van der Waals surface area contributed by atoms with Crippen molar-refractivity contribution in [3.8, 4) is 0 Å². The lowest BCUT2D eigenvalue weighted by Gasteiger charge is -2.26. The average molecular weight is 425 g/mol. The van der Waals surface area contributed by atoms with Gasteiger partial charge < -0.3 is 19.9 Å². The van der Waals surface area contributed by atoms with E-state index in [1.807, 2.05) is 7.05 Å². The van der Waals surface area contributed by atoms with E-state index >= 15 is 0 Å². The number of carbonyl (C=O) groups is 2. The number of nitrogens with zero attached hydrogens (tertiary/aromatic N) is 2. The molecular weight excluding hydrogens is 401 g/mol. The first-order valence-electron chi connectivity index (χ1n) is 10.9. The molecule has 0 bridgehead atoms. The molecule has 6 rings (SSSR count). The SMILES string of the molecule is CNC1([C@@H]2CCN(c3ccc4c(=O)c(C(=O)O)cn5c4c3C(=O)CC3C(F)C35)C2)CC1. The van der Waals surface area contributed by atoms with Crippen molar-refractivity contribution >= 4 is 28.3 Å². The van der Waals surface area contributed by atoms with E-state index in [9.17, 15) is 23.9 Å². The molecule has 3 fully saturated rings. The van der Waals surface area contributed by atoms with Crippen LogP contribution in [-0.2, 0) is 0 Å². The van der Waals surface area contributed by atoms with Gasteiger partial charge in [-0.25, -0.2) is 9.18 Å². The molecule has 0 radical (unpaired) electrons. The molecule has 2 aliphatic carbocycles.